The number of ketones is 1. The van der Waals surface area contributed by atoms with Gasteiger partial charge in [0.2, 0.25) is 0 Å². The second kappa shape index (κ2) is 8.96. The topological polar surface area (TPSA) is 89.0 Å². The Kier molecular flexibility index (Phi) is 6.07. The van der Waals surface area contributed by atoms with Gasteiger partial charge in [0.25, 0.3) is 11.7 Å². The van der Waals surface area contributed by atoms with E-state index in [-0.39, 0.29) is 16.9 Å². The number of aromatic nitrogens is 1. The van der Waals surface area contributed by atoms with Crippen LogP contribution in [0.4, 0.5) is 5.69 Å². The molecule has 0 bridgehead atoms. The zero-order valence-electron chi connectivity index (χ0n) is 18.2. The summed E-state index contributed by atoms with van der Waals surface area (Å²) < 4.78 is 10.6. The van der Waals surface area contributed by atoms with Gasteiger partial charge >= 0.3 is 0 Å². The summed E-state index contributed by atoms with van der Waals surface area (Å²) in [7, 11) is 2.95. The Bertz CT molecular complexity index is 1270. The molecule has 33 heavy (non-hydrogen) atoms. The van der Waals surface area contributed by atoms with Crippen LogP contribution in [-0.2, 0) is 9.59 Å². The largest absolute Gasteiger partial charge is 0.507 e. The molecule has 1 unspecified atom stereocenters. The molecule has 1 aromatic heterocycles. The van der Waals surface area contributed by atoms with Gasteiger partial charge in [-0.3, -0.25) is 19.5 Å². The Balaban J connectivity index is 1.99. The second-order valence-electron chi connectivity index (χ2n) is 7.40. The van der Waals surface area contributed by atoms with Gasteiger partial charge in [-0.05, 0) is 54.4 Å². The van der Waals surface area contributed by atoms with E-state index in [1.54, 1.807) is 67.8 Å². The first-order chi connectivity index (χ1) is 15.9. The molecule has 1 atom stereocenters. The van der Waals surface area contributed by atoms with Gasteiger partial charge in [-0.25, -0.2) is 0 Å². The van der Waals surface area contributed by atoms with Crippen molar-refractivity contribution in [3.63, 3.8) is 0 Å². The number of aliphatic hydroxyl groups is 1. The average molecular weight is 465 g/mol. The van der Waals surface area contributed by atoms with E-state index in [9.17, 15) is 14.7 Å². The van der Waals surface area contributed by atoms with Crippen molar-refractivity contribution < 1.29 is 24.2 Å². The molecular weight excluding hydrogens is 444 g/mol. The number of methoxy groups -OCH3 is 2. The van der Waals surface area contributed by atoms with E-state index >= 15 is 0 Å². The highest BCUT2D eigenvalue weighted by molar-refractivity contribution is 6.52. The second-order valence-corrected chi connectivity index (χ2v) is 7.81. The molecule has 0 radical (unpaired) electrons. The van der Waals surface area contributed by atoms with E-state index in [1.165, 1.54) is 19.1 Å². The molecule has 168 valence electrons. The lowest BCUT2D eigenvalue weighted by Gasteiger charge is -2.27. The van der Waals surface area contributed by atoms with Crippen molar-refractivity contribution in [1.82, 2.24) is 4.98 Å². The highest BCUT2D eigenvalue weighted by atomic mass is 35.5. The van der Waals surface area contributed by atoms with Crippen LogP contribution in [0.3, 0.4) is 0 Å². The molecule has 1 aliphatic heterocycles. The number of hydrogen-bond donors (Lipinski definition) is 1. The summed E-state index contributed by atoms with van der Waals surface area (Å²) in [5.74, 6) is -1.12. The van der Waals surface area contributed by atoms with Crippen molar-refractivity contribution in [3.05, 3.63) is 88.2 Å². The molecule has 1 aliphatic rings. The number of halogens is 1. The van der Waals surface area contributed by atoms with E-state index in [2.05, 4.69) is 4.98 Å². The van der Waals surface area contributed by atoms with Crippen molar-refractivity contribution in [3.8, 4) is 11.5 Å². The number of ether oxygens (including phenoxy) is 2. The maximum Gasteiger partial charge on any atom is 0.300 e. The van der Waals surface area contributed by atoms with Gasteiger partial charge in [-0.1, -0.05) is 17.7 Å². The molecule has 2 heterocycles. The van der Waals surface area contributed by atoms with Gasteiger partial charge in [0.05, 0.1) is 31.4 Å². The van der Waals surface area contributed by atoms with Crippen LogP contribution in [0.2, 0.25) is 5.02 Å². The molecule has 1 amide bonds. The van der Waals surface area contributed by atoms with E-state index in [0.717, 1.165) is 0 Å². The summed E-state index contributed by atoms with van der Waals surface area (Å²) in [6, 6.07) is 12.4. The molecule has 2 aromatic carbocycles. The molecule has 7 nitrogen and oxygen atoms in total. The van der Waals surface area contributed by atoms with Crippen molar-refractivity contribution in [2.24, 2.45) is 0 Å². The smallest absolute Gasteiger partial charge is 0.300 e. The Morgan fingerprint density at radius 1 is 1.06 bits per heavy atom. The lowest BCUT2D eigenvalue weighted by molar-refractivity contribution is -0.132. The van der Waals surface area contributed by atoms with E-state index in [0.29, 0.717) is 33.3 Å². The zero-order valence-corrected chi connectivity index (χ0v) is 19.0. The van der Waals surface area contributed by atoms with Gasteiger partial charge < -0.3 is 14.6 Å². The number of rotatable bonds is 5. The summed E-state index contributed by atoms with van der Waals surface area (Å²) in [6.07, 6.45) is 3.13. The molecule has 0 aliphatic carbocycles. The fourth-order valence-corrected chi connectivity index (χ4v) is 4.11. The number of carbonyl (C=O) groups excluding carboxylic acids is 2. The molecule has 4 rings (SSSR count). The number of carbonyl (C=O) groups is 2. The number of hydrogen-bond acceptors (Lipinski definition) is 6. The normalized spacial score (nSPS) is 17.3. The van der Waals surface area contributed by atoms with Crippen molar-refractivity contribution in [2.75, 3.05) is 19.1 Å². The van der Waals surface area contributed by atoms with Crippen LogP contribution < -0.4 is 14.4 Å². The minimum absolute atomic E-state index is 0.0611. The molecule has 1 fully saturated rings. The van der Waals surface area contributed by atoms with E-state index in [4.69, 9.17) is 21.1 Å². The van der Waals surface area contributed by atoms with Crippen LogP contribution in [0.5, 0.6) is 11.5 Å². The summed E-state index contributed by atoms with van der Waals surface area (Å²) >= 11 is 6.31. The Morgan fingerprint density at radius 2 is 1.79 bits per heavy atom. The Hall–Kier alpha value is -3.84. The van der Waals surface area contributed by atoms with E-state index < -0.39 is 17.7 Å². The predicted molar refractivity (Wildman–Crippen MR) is 125 cm³/mol. The standard InChI is InChI=1S/C25H21ClN2O5/c1-14-18(26)5-4-6-19(14)28-22(15-9-11-27-12-10-15)21(24(30)25(28)31)23(29)17-8-7-16(32-2)13-20(17)33-3/h4-13,22,29H,1-3H3/b23-21+. The molecule has 1 N–H and O–H groups in total. The molecule has 0 spiro atoms. The SMILES string of the molecule is COc1ccc(/C(O)=C2\C(=O)C(=O)N(c3cccc(Cl)c3C)C2c2ccncc2)c(OC)c1. The predicted octanol–water partition coefficient (Wildman–Crippen LogP) is 4.69. The number of benzene rings is 2. The number of aliphatic hydroxyl groups excluding tert-OH is 1. The van der Waals surface area contributed by atoms with Gasteiger partial charge in [0.15, 0.2) is 0 Å². The zero-order chi connectivity index (χ0) is 23.7. The average Bonchev–Trinajstić information content (AvgIpc) is 3.10. The molecule has 3 aromatic rings. The number of amides is 1. The molecule has 0 saturated carbocycles. The van der Waals surface area contributed by atoms with Crippen LogP contribution in [-0.4, -0.2) is 36.0 Å². The fourth-order valence-electron chi connectivity index (χ4n) is 3.94. The van der Waals surface area contributed by atoms with Gasteiger partial charge in [-0.15, -0.1) is 0 Å². The maximum absolute atomic E-state index is 13.3. The van der Waals surface area contributed by atoms with Gasteiger partial charge in [0.1, 0.15) is 17.3 Å². The van der Waals surface area contributed by atoms with Crippen LogP contribution in [0.25, 0.3) is 5.76 Å². The minimum atomic E-state index is -0.892. The third-order valence-corrected chi connectivity index (χ3v) is 6.04. The quantitative estimate of drug-likeness (QED) is 0.335. The summed E-state index contributed by atoms with van der Waals surface area (Å²) in [6.45, 7) is 1.77. The number of Topliss-reactive ketones (excluding diaryl/α,β-unsaturated/α-hetero) is 1. The number of anilines is 1. The molecule has 8 heteroatoms. The third kappa shape index (κ3) is 3.81. The first-order valence-electron chi connectivity index (χ1n) is 10.1. The van der Waals surface area contributed by atoms with Crippen molar-refractivity contribution in [1.29, 1.82) is 0 Å². The molecular formula is C25H21ClN2O5. The van der Waals surface area contributed by atoms with E-state index in [1.807, 2.05) is 0 Å². The van der Waals surface area contributed by atoms with Crippen LogP contribution in [0, 0.1) is 6.92 Å². The molecule has 1 saturated heterocycles. The first kappa shape index (κ1) is 22.4. The fraction of sp³-hybridized carbons (Fsp3) is 0.160. The minimum Gasteiger partial charge on any atom is -0.507 e. The van der Waals surface area contributed by atoms with Gasteiger partial charge in [0, 0.05) is 29.2 Å². The summed E-state index contributed by atoms with van der Waals surface area (Å²) in [5.41, 5.74) is 1.93. The summed E-state index contributed by atoms with van der Waals surface area (Å²) in [4.78, 5) is 32.0. The first-order valence-corrected chi connectivity index (χ1v) is 10.4. The van der Waals surface area contributed by atoms with Crippen LogP contribution in [0.1, 0.15) is 22.7 Å². The van der Waals surface area contributed by atoms with Crippen molar-refractivity contribution >= 4 is 34.7 Å². The van der Waals surface area contributed by atoms with Crippen LogP contribution >= 0.6 is 11.6 Å². The lowest BCUT2D eigenvalue weighted by Crippen LogP contribution is -2.30. The van der Waals surface area contributed by atoms with Crippen LogP contribution in [0.15, 0.2) is 66.5 Å². The lowest BCUT2D eigenvalue weighted by atomic mass is 9.95. The third-order valence-electron chi connectivity index (χ3n) is 5.63. The highest BCUT2D eigenvalue weighted by Crippen LogP contribution is 2.45. The number of nitrogens with zero attached hydrogens (tertiary/aromatic N) is 2. The number of pyridine rings is 1. The maximum atomic E-state index is 13.3. The van der Waals surface area contributed by atoms with Crippen molar-refractivity contribution in [2.45, 2.75) is 13.0 Å². The van der Waals surface area contributed by atoms with Gasteiger partial charge in [-0.2, -0.15) is 0 Å². The summed E-state index contributed by atoms with van der Waals surface area (Å²) in [5, 5.41) is 11.8. The Labute approximate surface area is 195 Å². The Morgan fingerprint density at radius 3 is 2.45 bits per heavy atom. The highest BCUT2D eigenvalue weighted by Gasteiger charge is 2.47. The monoisotopic (exact) mass is 464 g/mol.